The van der Waals surface area contributed by atoms with Gasteiger partial charge in [0.2, 0.25) is 5.91 Å². The van der Waals surface area contributed by atoms with E-state index in [1.54, 1.807) is 13.3 Å². The van der Waals surface area contributed by atoms with Gasteiger partial charge < -0.3 is 9.88 Å². The normalized spacial score (nSPS) is 17.1. The number of H-pyrrole nitrogens is 1. The fraction of sp³-hybridized carbons (Fsp3) is 0.500. The lowest BCUT2D eigenvalue weighted by Crippen LogP contribution is -2.34. The molecule has 0 fully saturated rings. The fourth-order valence-electron chi connectivity index (χ4n) is 3.24. The molecule has 0 atom stereocenters. The molecule has 6 heteroatoms. The van der Waals surface area contributed by atoms with Crippen molar-refractivity contribution in [2.24, 2.45) is 0 Å². The van der Waals surface area contributed by atoms with Crippen molar-refractivity contribution < 1.29 is 4.79 Å². The van der Waals surface area contributed by atoms with Crippen LogP contribution < -0.4 is 0 Å². The summed E-state index contributed by atoms with van der Waals surface area (Å²) in [7, 11) is 0. The molecule has 0 aliphatic carbocycles. The Kier molecular flexibility index (Phi) is 2.45. The van der Waals surface area contributed by atoms with Crippen molar-refractivity contribution in [1.82, 2.24) is 24.6 Å². The molecule has 4 rings (SSSR count). The van der Waals surface area contributed by atoms with Gasteiger partial charge in [0.25, 0.3) is 0 Å². The number of carbonyl (C=O) groups excluding carboxylic acids is 1. The molecule has 0 aromatic carbocycles. The van der Waals surface area contributed by atoms with E-state index in [9.17, 15) is 4.79 Å². The maximum Gasteiger partial charge on any atom is 0.219 e. The van der Waals surface area contributed by atoms with Crippen molar-refractivity contribution in [3.8, 4) is 11.4 Å². The largest absolute Gasteiger partial charge is 0.348 e. The quantitative estimate of drug-likeness (QED) is 0.781. The zero-order chi connectivity index (χ0) is 13.7. The van der Waals surface area contributed by atoms with Crippen LogP contribution in [-0.2, 0) is 30.7 Å². The molecule has 0 spiro atoms. The Morgan fingerprint density at radius 2 is 2.25 bits per heavy atom. The minimum atomic E-state index is 0.131. The van der Waals surface area contributed by atoms with Crippen LogP contribution in [0.15, 0.2) is 6.33 Å². The summed E-state index contributed by atoms with van der Waals surface area (Å²) in [6.07, 6.45) is 4.67. The molecule has 2 aliphatic rings. The van der Waals surface area contributed by atoms with E-state index < -0.39 is 0 Å². The van der Waals surface area contributed by atoms with Crippen molar-refractivity contribution in [2.75, 3.05) is 6.54 Å². The minimum Gasteiger partial charge on any atom is -0.348 e. The third-order valence-corrected chi connectivity index (χ3v) is 4.29. The van der Waals surface area contributed by atoms with Crippen molar-refractivity contribution >= 4 is 5.91 Å². The summed E-state index contributed by atoms with van der Waals surface area (Å²) in [5, 5.41) is 4.75. The Bertz CT molecular complexity index is 684. The number of aromatic nitrogens is 4. The molecular weight excluding hydrogens is 254 g/mol. The molecule has 6 nitrogen and oxygen atoms in total. The zero-order valence-corrected chi connectivity index (χ0v) is 11.5. The van der Waals surface area contributed by atoms with E-state index in [0.29, 0.717) is 6.54 Å². The number of hydrogen-bond donors (Lipinski definition) is 1. The van der Waals surface area contributed by atoms with Gasteiger partial charge in [0.15, 0.2) is 0 Å². The summed E-state index contributed by atoms with van der Waals surface area (Å²) in [6.45, 7) is 3.98. The van der Waals surface area contributed by atoms with E-state index in [1.807, 2.05) is 4.90 Å². The number of amides is 1. The highest BCUT2D eigenvalue weighted by Crippen LogP contribution is 2.33. The van der Waals surface area contributed by atoms with Crippen LogP contribution in [0.25, 0.3) is 11.4 Å². The van der Waals surface area contributed by atoms with Gasteiger partial charge >= 0.3 is 0 Å². The summed E-state index contributed by atoms with van der Waals surface area (Å²) >= 11 is 0. The molecule has 1 N–H and O–H groups in total. The summed E-state index contributed by atoms with van der Waals surface area (Å²) in [5.74, 6) is 0.131. The van der Waals surface area contributed by atoms with Crippen LogP contribution >= 0.6 is 0 Å². The topological polar surface area (TPSA) is 66.8 Å². The lowest BCUT2D eigenvalue weighted by Gasteiger charge is -2.25. The highest BCUT2D eigenvalue weighted by Gasteiger charge is 2.29. The molecule has 2 aromatic rings. The van der Waals surface area contributed by atoms with Crippen molar-refractivity contribution in [1.29, 1.82) is 0 Å². The minimum absolute atomic E-state index is 0.131. The number of nitrogens with zero attached hydrogens (tertiary/aromatic N) is 4. The number of hydrogen-bond acceptors (Lipinski definition) is 3. The summed E-state index contributed by atoms with van der Waals surface area (Å²) < 4.78 is 2.08. The molecular formula is C14H17N5O. The molecule has 0 saturated carbocycles. The monoisotopic (exact) mass is 271 g/mol. The summed E-state index contributed by atoms with van der Waals surface area (Å²) in [6, 6.07) is 0. The number of imidazole rings is 1. The number of rotatable bonds is 0. The highest BCUT2D eigenvalue weighted by atomic mass is 16.2. The van der Waals surface area contributed by atoms with E-state index in [2.05, 4.69) is 14.6 Å². The van der Waals surface area contributed by atoms with Crippen LogP contribution in [0.4, 0.5) is 0 Å². The Morgan fingerprint density at radius 3 is 3.10 bits per heavy atom. The number of fused-ring (bicyclic) bond motifs is 5. The highest BCUT2D eigenvalue weighted by molar-refractivity contribution is 5.74. The van der Waals surface area contributed by atoms with Crippen LogP contribution in [0.5, 0.6) is 0 Å². The SMILES string of the molecule is CC(=O)N1CCc2nn3c(c2C1)-c1nc[nH]c1CCC3. The number of carbonyl (C=O) groups is 1. The molecule has 0 bridgehead atoms. The van der Waals surface area contributed by atoms with E-state index >= 15 is 0 Å². The Balaban J connectivity index is 1.87. The standard InChI is InChI=1S/C14H17N5O/c1-9(20)18-6-4-11-10(7-18)14-13-12(15-8-16-13)3-2-5-19(14)17-11/h8H,2-7H2,1H3,(H,15,16). The lowest BCUT2D eigenvalue weighted by atomic mass is 10.0. The second-order valence-corrected chi connectivity index (χ2v) is 5.52. The maximum absolute atomic E-state index is 11.6. The van der Waals surface area contributed by atoms with Gasteiger partial charge in [-0.1, -0.05) is 0 Å². The molecule has 4 heterocycles. The lowest BCUT2D eigenvalue weighted by molar-refractivity contribution is -0.129. The van der Waals surface area contributed by atoms with E-state index in [0.717, 1.165) is 49.4 Å². The average Bonchev–Trinajstić information content (AvgIpc) is 2.98. The molecule has 0 saturated heterocycles. The van der Waals surface area contributed by atoms with Gasteiger partial charge in [-0.15, -0.1) is 0 Å². The maximum atomic E-state index is 11.6. The van der Waals surface area contributed by atoms with Gasteiger partial charge in [-0.3, -0.25) is 9.48 Å². The predicted octanol–water partition coefficient (Wildman–Crippen LogP) is 1.12. The van der Waals surface area contributed by atoms with Crippen LogP contribution in [0.2, 0.25) is 0 Å². The summed E-state index contributed by atoms with van der Waals surface area (Å²) in [5.41, 5.74) is 5.63. The van der Waals surface area contributed by atoms with Gasteiger partial charge in [-0.05, 0) is 12.8 Å². The van der Waals surface area contributed by atoms with E-state index in [1.165, 1.54) is 11.3 Å². The Labute approximate surface area is 116 Å². The van der Waals surface area contributed by atoms with Crippen molar-refractivity contribution in [2.45, 2.75) is 39.3 Å². The predicted molar refractivity (Wildman–Crippen MR) is 72.9 cm³/mol. The van der Waals surface area contributed by atoms with Crippen molar-refractivity contribution in [3.05, 3.63) is 23.3 Å². The van der Waals surface area contributed by atoms with Gasteiger partial charge in [0.05, 0.1) is 17.7 Å². The van der Waals surface area contributed by atoms with Crippen LogP contribution in [0, 0.1) is 0 Å². The first-order chi connectivity index (χ1) is 9.74. The van der Waals surface area contributed by atoms with Gasteiger partial charge in [0.1, 0.15) is 5.69 Å². The smallest absolute Gasteiger partial charge is 0.219 e. The average molecular weight is 271 g/mol. The second-order valence-electron chi connectivity index (χ2n) is 5.52. The summed E-state index contributed by atoms with van der Waals surface area (Å²) in [4.78, 5) is 21.3. The third kappa shape index (κ3) is 1.60. The van der Waals surface area contributed by atoms with Gasteiger partial charge in [0, 0.05) is 44.2 Å². The number of aryl methyl sites for hydroxylation is 2. The van der Waals surface area contributed by atoms with Gasteiger partial charge in [-0.2, -0.15) is 5.10 Å². The van der Waals surface area contributed by atoms with E-state index in [4.69, 9.17) is 5.10 Å². The molecule has 0 unspecified atom stereocenters. The second kappa shape index (κ2) is 4.19. The third-order valence-electron chi connectivity index (χ3n) is 4.29. The molecule has 2 aliphatic heterocycles. The van der Waals surface area contributed by atoms with Crippen LogP contribution in [0.1, 0.15) is 30.3 Å². The van der Waals surface area contributed by atoms with Gasteiger partial charge in [-0.25, -0.2) is 4.98 Å². The Morgan fingerprint density at radius 1 is 1.35 bits per heavy atom. The fourth-order valence-corrected chi connectivity index (χ4v) is 3.24. The number of aromatic amines is 1. The molecule has 20 heavy (non-hydrogen) atoms. The molecule has 1 amide bonds. The Hall–Kier alpha value is -2.11. The van der Waals surface area contributed by atoms with E-state index in [-0.39, 0.29) is 5.91 Å². The zero-order valence-electron chi connectivity index (χ0n) is 11.5. The molecule has 0 radical (unpaired) electrons. The van der Waals surface area contributed by atoms with Crippen LogP contribution in [0.3, 0.4) is 0 Å². The molecule has 2 aromatic heterocycles. The first kappa shape index (κ1) is 11.7. The number of nitrogens with one attached hydrogen (secondary N) is 1. The first-order valence-electron chi connectivity index (χ1n) is 7.10. The molecule has 104 valence electrons. The van der Waals surface area contributed by atoms with Crippen molar-refractivity contribution in [3.63, 3.8) is 0 Å². The van der Waals surface area contributed by atoms with Crippen LogP contribution in [-0.4, -0.2) is 37.1 Å². The first-order valence-corrected chi connectivity index (χ1v) is 7.10.